The molecule has 106 valence electrons. The van der Waals surface area contributed by atoms with E-state index in [1.165, 1.54) is 6.20 Å². The van der Waals surface area contributed by atoms with Crippen LogP contribution in [0, 0.1) is 11.3 Å². The number of benzene rings is 1. The van der Waals surface area contributed by atoms with E-state index in [4.69, 9.17) is 14.7 Å². The number of nitriles is 1. The molecule has 1 heterocycles. The van der Waals surface area contributed by atoms with Crippen molar-refractivity contribution in [3.63, 3.8) is 0 Å². The SMILES string of the molecule is CCOC(=O)c1ccc(Oc2ccc(CC#N)cc2)nc1. The molecule has 0 bridgehead atoms. The molecule has 0 fully saturated rings. The lowest BCUT2D eigenvalue weighted by molar-refractivity contribution is 0.0526. The van der Waals surface area contributed by atoms with E-state index < -0.39 is 5.97 Å². The van der Waals surface area contributed by atoms with E-state index in [-0.39, 0.29) is 0 Å². The number of hydrogen-bond acceptors (Lipinski definition) is 5. The van der Waals surface area contributed by atoms with Crippen LogP contribution in [0.3, 0.4) is 0 Å². The molecule has 5 heteroatoms. The van der Waals surface area contributed by atoms with Gasteiger partial charge in [0.2, 0.25) is 5.88 Å². The van der Waals surface area contributed by atoms with Crippen molar-refractivity contribution in [2.24, 2.45) is 0 Å². The van der Waals surface area contributed by atoms with E-state index in [1.807, 2.05) is 12.1 Å². The van der Waals surface area contributed by atoms with Gasteiger partial charge < -0.3 is 9.47 Å². The van der Waals surface area contributed by atoms with Crippen molar-refractivity contribution in [1.29, 1.82) is 5.26 Å². The van der Waals surface area contributed by atoms with Crippen LogP contribution in [0.5, 0.6) is 11.6 Å². The number of aromatic nitrogens is 1. The normalized spacial score (nSPS) is 9.71. The molecule has 0 aliphatic rings. The quantitative estimate of drug-likeness (QED) is 0.788. The Labute approximate surface area is 122 Å². The lowest BCUT2D eigenvalue weighted by atomic mass is 10.2. The fourth-order valence-corrected chi connectivity index (χ4v) is 1.66. The zero-order chi connectivity index (χ0) is 15.1. The van der Waals surface area contributed by atoms with Gasteiger partial charge in [-0.1, -0.05) is 12.1 Å². The lowest BCUT2D eigenvalue weighted by Gasteiger charge is -2.06. The molecule has 0 N–H and O–H groups in total. The van der Waals surface area contributed by atoms with Crippen LogP contribution in [-0.4, -0.2) is 17.6 Å². The Hall–Kier alpha value is -2.87. The van der Waals surface area contributed by atoms with Gasteiger partial charge in [-0.05, 0) is 30.7 Å². The molecule has 0 unspecified atom stereocenters. The highest BCUT2D eigenvalue weighted by Gasteiger charge is 2.07. The largest absolute Gasteiger partial charge is 0.462 e. The van der Waals surface area contributed by atoms with Crippen molar-refractivity contribution in [2.75, 3.05) is 6.61 Å². The standard InChI is InChI=1S/C16H14N2O3/c1-2-20-16(19)13-5-8-15(18-11-13)21-14-6-3-12(4-7-14)9-10-17/h3-8,11H,2,9H2,1H3. The maximum absolute atomic E-state index is 11.5. The van der Waals surface area contributed by atoms with Gasteiger partial charge in [-0.3, -0.25) is 0 Å². The van der Waals surface area contributed by atoms with Gasteiger partial charge in [0.05, 0.1) is 24.7 Å². The van der Waals surface area contributed by atoms with Gasteiger partial charge in [0.15, 0.2) is 0 Å². The molecule has 2 rings (SSSR count). The third-order valence-electron chi connectivity index (χ3n) is 2.68. The molecule has 5 nitrogen and oxygen atoms in total. The summed E-state index contributed by atoms with van der Waals surface area (Å²) < 4.78 is 10.4. The Kier molecular flexibility index (Phi) is 4.89. The van der Waals surface area contributed by atoms with E-state index in [0.717, 1.165) is 5.56 Å². The first kappa shape index (κ1) is 14.5. The van der Waals surface area contributed by atoms with Gasteiger partial charge >= 0.3 is 5.97 Å². The number of ether oxygens (including phenoxy) is 2. The fourth-order valence-electron chi connectivity index (χ4n) is 1.66. The van der Waals surface area contributed by atoms with E-state index >= 15 is 0 Å². The maximum Gasteiger partial charge on any atom is 0.339 e. The van der Waals surface area contributed by atoms with Gasteiger partial charge in [0.25, 0.3) is 0 Å². The van der Waals surface area contributed by atoms with Crippen LogP contribution in [0.15, 0.2) is 42.6 Å². The molecule has 1 aromatic carbocycles. The van der Waals surface area contributed by atoms with Gasteiger partial charge in [0, 0.05) is 12.3 Å². The zero-order valence-electron chi connectivity index (χ0n) is 11.6. The average Bonchev–Trinajstić information content (AvgIpc) is 2.50. The number of carbonyl (C=O) groups excluding carboxylic acids is 1. The second-order valence-electron chi connectivity index (χ2n) is 4.19. The van der Waals surface area contributed by atoms with Crippen LogP contribution >= 0.6 is 0 Å². The Bertz CT molecular complexity index is 643. The third-order valence-corrected chi connectivity index (χ3v) is 2.68. The summed E-state index contributed by atoms with van der Waals surface area (Å²) in [6.45, 7) is 2.07. The van der Waals surface area contributed by atoms with Crippen molar-refractivity contribution in [2.45, 2.75) is 13.3 Å². The molecule has 0 aliphatic carbocycles. The third kappa shape index (κ3) is 4.05. The Morgan fingerprint density at radius 3 is 2.57 bits per heavy atom. The van der Waals surface area contributed by atoms with Gasteiger partial charge in [-0.15, -0.1) is 0 Å². The first-order valence-corrected chi connectivity index (χ1v) is 6.50. The van der Waals surface area contributed by atoms with Crippen LogP contribution in [0.4, 0.5) is 0 Å². The summed E-state index contributed by atoms with van der Waals surface area (Å²) in [5.41, 5.74) is 1.31. The van der Waals surface area contributed by atoms with Crippen LogP contribution in [0.2, 0.25) is 0 Å². The summed E-state index contributed by atoms with van der Waals surface area (Å²) in [5, 5.41) is 8.60. The zero-order valence-corrected chi connectivity index (χ0v) is 11.6. The van der Waals surface area contributed by atoms with Crippen molar-refractivity contribution in [3.05, 3.63) is 53.7 Å². The molecule has 0 amide bonds. The van der Waals surface area contributed by atoms with E-state index in [2.05, 4.69) is 11.1 Å². The first-order chi connectivity index (χ1) is 10.2. The fraction of sp³-hybridized carbons (Fsp3) is 0.188. The van der Waals surface area contributed by atoms with Gasteiger partial charge in [-0.25, -0.2) is 9.78 Å². The minimum Gasteiger partial charge on any atom is -0.462 e. The predicted molar refractivity (Wildman–Crippen MR) is 76.0 cm³/mol. The second kappa shape index (κ2) is 7.06. The van der Waals surface area contributed by atoms with E-state index in [9.17, 15) is 4.79 Å². The molecule has 2 aromatic rings. The summed E-state index contributed by atoms with van der Waals surface area (Å²) in [4.78, 5) is 15.5. The maximum atomic E-state index is 11.5. The minimum absolute atomic E-state index is 0.326. The van der Waals surface area contributed by atoms with Crippen molar-refractivity contribution in [1.82, 2.24) is 4.98 Å². The molecule has 1 aromatic heterocycles. The first-order valence-electron chi connectivity index (χ1n) is 6.50. The Morgan fingerprint density at radius 1 is 1.24 bits per heavy atom. The summed E-state index contributed by atoms with van der Waals surface area (Å²) in [6.07, 6.45) is 1.78. The second-order valence-corrected chi connectivity index (χ2v) is 4.19. The summed E-state index contributed by atoms with van der Waals surface area (Å²) in [6, 6.07) is 12.5. The monoisotopic (exact) mass is 282 g/mol. The van der Waals surface area contributed by atoms with Crippen LogP contribution in [0.25, 0.3) is 0 Å². The number of carbonyl (C=O) groups is 1. The van der Waals surface area contributed by atoms with Gasteiger partial charge in [-0.2, -0.15) is 5.26 Å². The molecule has 0 aliphatic heterocycles. The van der Waals surface area contributed by atoms with Gasteiger partial charge in [0.1, 0.15) is 5.75 Å². The molecule has 0 spiro atoms. The highest BCUT2D eigenvalue weighted by molar-refractivity contribution is 5.89. The Morgan fingerprint density at radius 2 is 2.00 bits per heavy atom. The van der Waals surface area contributed by atoms with E-state index in [1.54, 1.807) is 31.2 Å². The molecule has 0 saturated carbocycles. The number of nitrogens with zero attached hydrogens (tertiary/aromatic N) is 2. The number of pyridine rings is 1. The van der Waals surface area contributed by atoms with Crippen molar-refractivity contribution < 1.29 is 14.3 Å². The summed E-state index contributed by atoms with van der Waals surface area (Å²) in [7, 11) is 0. The highest BCUT2D eigenvalue weighted by atomic mass is 16.5. The summed E-state index contributed by atoms with van der Waals surface area (Å²) in [5.74, 6) is 0.599. The lowest BCUT2D eigenvalue weighted by Crippen LogP contribution is -2.04. The molecule has 0 atom stereocenters. The molecule has 21 heavy (non-hydrogen) atoms. The van der Waals surface area contributed by atoms with Crippen LogP contribution in [0.1, 0.15) is 22.8 Å². The van der Waals surface area contributed by atoms with Crippen LogP contribution in [-0.2, 0) is 11.2 Å². The smallest absolute Gasteiger partial charge is 0.339 e. The minimum atomic E-state index is -0.405. The average molecular weight is 282 g/mol. The highest BCUT2D eigenvalue weighted by Crippen LogP contribution is 2.20. The topological polar surface area (TPSA) is 72.2 Å². The summed E-state index contributed by atoms with van der Waals surface area (Å²) >= 11 is 0. The predicted octanol–water partition coefficient (Wildman–Crippen LogP) is 3.12. The molecule has 0 saturated heterocycles. The number of esters is 1. The van der Waals surface area contributed by atoms with Crippen LogP contribution < -0.4 is 4.74 Å². The van der Waals surface area contributed by atoms with E-state index in [0.29, 0.717) is 30.2 Å². The van der Waals surface area contributed by atoms with Crippen molar-refractivity contribution in [3.8, 4) is 17.7 Å². The number of hydrogen-bond donors (Lipinski definition) is 0. The molecular formula is C16H14N2O3. The number of rotatable bonds is 5. The molecular weight excluding hydrogens is 268 g/mol. The van der Waals surface area contributed by atoms with Crippen molar-refractivity contribution >= 4 is 5.97 Å². The molecule has 0 radical (unpaired) electrons. The Balaban J connectivity index is 2.03.